The Morgan fingerprint density at radius 2 is 1.67 bits per heavy atom. The molecule has 1 aliphatic heterocycles. The van der Waals surface area contributed by atoms with E-state index in [0.717, 1.165) is 35.6 Å². The first-order chi connectivity index (χ1) is 21.4. The second kappa shape index (κ2) is 13.4. The average Bonchev–Trinajstić information content (AvgIpc) is 3.23. The molecule has 1 saturated carbocycles. The second-order valence-corrected chi connectivity index (χ2v) is 14.3. The quantitative estimate of drug-likeness (QED) is 0.286. The molecule has 0 radical (unpaired) electrons. The molecule has 0 saturated heterocycles. The largest absolute Gasteiger partial charge is 0.374 e. The Kier molecular flexibility index (Phi) is 9.79. The van der Waals surface area contributed by atoms with E-state index in [2.05, 4.69) is 10.0 Å². The van der Waals surface area contributed by atoms with Crippen molar-refractivity contribution in [1.29, 1.82) is 0 Å². The van der Waals surface area contributed by atoms with Crippen molar-refractivity contribution >= 4 is 37.5 Å². The van der Waals surface area contributed by atoms with E-state index in [0.29, 0.717) is 30.5 Å². The summed E-state index contributed by atoms with van der Waals surface area (Å²) in [5.41, 5.74) is 6.35. The fourth-order valence-electron chi connectivity index (χ4n) is 6.41. The summed E-state index contributed by atoms with van der Waals surface area (Å²) in [6.07, 6.45) is 4.10. The van der Waals surface area contributed by atoms with Crippen LogP contribution in [0.5, 0.6) is 0 Å². The molecule has 4 N–H and O–H groups in total. The van der Waals surface area contributed by atoms with Crippen molar-refractivity contribution in [3.05, 3.63) is 89.5 Å². The first-order valence-corrected chi connectivity index (χ1v) is 17.2. The Bertz CT molecular complexity index is 1670. The van der Waals surface area contributed by atoms with Gasteiger partial charge in [-0.2, -0.15) is 0 Å². The smallest absolute Gasteiger partial charge is 0.247 e. The highest BCUT2D eigenvalue weighted by Crippen LogP contribution is 2.47. The van der Waals surface area contributed by atoms with Gasteiger partial charge in [-0.3, -0.25) is 9.59 Å². The van der Waals surface area contributed by atoms with E-state index >= 15 is 0 Å². The third-order valence-corrected chi connectivity index (χ3v) is 10.5. The average molecular weight is 633 g/mol. The summed E-state index contributed by atoms with van der Waals surface area (Å²) in [6.45, 7) is 5.61. The van der Waals surface area contributed by atoms with Crippen LogP contribution >= 0.6 is 0 Å². The minimum atomic E-state index is -3.89. The van der Waals surface area contributed by atoms with E-state index in [-0.39, 0.29) is 30.6 Å². The lowest BCUT2D eigenvalue weighted by Crippen LogP contribution is -2.58. The maximum Gasteiger partial charge on any atom is 0.247 e. The summed E-state index contributed by atoms with van der Waals surface area (Å²) < 4.78 is 37.1. The molecule has 0 unspecified atom stereocenters. The van der Waals surface area contributed by atoms with E-state index in [1.165, 1.54) is 0 Å². The Labute approximate surface area is 266 Å². The second-order valence-electron chi connectivity index (χ2n) is 12.7. The first kappa shape index (κ1) is 32.8. The van der Waals surface area contributed by atoms with E-state index < -0.39 is 33.1 Å². The van der Waals surface area contributed by atoms with Crippen LogP contribution in [0.2, 0.25) is 0 Å². The molecule has 1 aliphatic carbocycles. The molecule has 0 bridgehead atoms. The van der Waals surface area contributed by atoms with Gasteiger partial charge in [-0.15, -0.1) is 0 Å². The number of carbonyl (C=O) groups excluding carboxylic acids is 2. The fraction of sp³-hybridized carbons (Fsp3) is 0.429. The van der Waals surface area contributed by atoms with Crippen molar-refractivity contribution in [1.82, 2.24) is 14.9 Å². The molecular weight excluding hydrogens is 588 g/mol. The predicted molar refractivity (Wildman–Crippen MR) is 177 cm³/mol. The molecule has 240 valence electrons. The van der Waals surface area contributed by atoms with Crippen molar-refractivity contribution in [2.45, 2.75) is 76.6 Å². The molecule has 45 heavy (non-hydrogen) atoms. The number of amides is 2. The number of likely N-dealkylation sites (N-methyl/N-ethyl adjacent to an activating group) is 1. The lowest BCUT2D eigenvalue weighted by Gasteiger charge is -2.38. The molecule has 3 aromatic carbocycles. The number of sulfonamides is 1. The maximum atomic E-state index is 14.3. The third-order valence-electron chi connectivity index (χ3n) is 8.82. The number of rotatable bonds is 11. The monoisotopic (exact) mass is 632 g/mol. The zero-order valence-electron chi connectivity index (χ0n) is 26.3. The van der Waals surface area contributed by atoms with Gasteiger partial charge in [-0.25, -0.2) is 13.1 Å². The first-order valence-electron chi connectivity index (χ1n) is 15.7. The van der Waals surface area contributed by atoms with Crippen LogP contribution in [0.4, 0.5) is 0 Å². The Morgan fingerprint density at radius 3 is 2.36 bits per heavy atom. The van der Waals surface area contributed by atoms with E-state index in [1.54, 1.807) is 18.7 Å². The summed E-state index contributed by atoms with van der Waals surface area (Å²) in [4.78, 5) is 29.1. The van der Waals surface area contributed by atoms with Crippen LogP contribution in [0, 0.1) is 0 Å². The molecule has 10 heteroatoms. The number of hydrogen-bond donors (Lipinski definition) is 3. The number of nitrogens with one attached hydrogen (secondary N) is 2. The zero-order chi connectivity index (χ0) is 32.2. The molecule has 1 heterocycles. The molecule has 5 rings (SSSR count). The van der Waals surface area contributed by atoms with Gasteiger partial charge in [0, 0.05) is 18.7 Å². The molecule has 1 fully saturated rings. The van der Waals surface area contributed by atoms with Gasteiger partial charge < -0.3 is 20.7 Å². The van der Waals surface area contributed by atoms with Crippen LogP contribution in [-0.4, -0.2) is 61.9 Å². The van der Waals surface area contributed by atoms with E-state index in [9.17, 15) is 18.0 Å². The van der Waals surface area contributed by atoms with Gasteiger partial charge >= 0.3 is 0 Å². The van der Waals surface area contributed by atoms with Gasteiger partial charge in [0.2, 0.25) is 21.8 Å². The molecule has 9 nitrogen and oxygen atoms in total. The topological polar surface area (TPSA) is 131 Å². The van der Waals surface area contributed by atoms with Crippen LogP contribution < -0.4 is 15.8 Å². The number of ether oxygens (including phenoxy) is 1. The highest BCUT2D eigenvalue weighted by molar-refractivity contribution is 7.99. The summed E-state index contributed by atoms with van der Waals surface area (Å²) >= 11 is 0. The normalized spacial score (nSPS) is 18.2. The number of benzene rings is 3. The standard InChI is InChI=1S/C35H44N4O5S/c1-4-39(32(40)30(37-33(41)34(2,3)36)24-44-23-25-14-7-5-8-15-25)22-29-31(28-19-13-17-26-16-9-10-18-27(26)28)45(42,43)38-35(29)20-11-6-12-21-35/h5,7-10,13-19,30,38H,4,6,11-12,20-24,36H2,1-3H3,(H,37,41)/t30-/m1/s1. The molecule has 2 aliphatic rings. The summed E-state index contributed by atoms with van der Waals surface area (Å²) in [6, 6.07) is 22.0. The van der Waals surface area contributed by atoms with Gasteiger partial charge in [-0.1, -0.05) is 92.1 Å². The number of fused-ring (bicyclic) bond motifs is 1. The third kappa shape index (κ3) is 7.14. The summed E-state index contributed by atoms with van der Waals surface area (Å²) in [5.74, 6) is -0.840. The lowest BCUT2D eigenvalue weighted by atomic mass is 9.76. The highest BCUT2D eigenvalue weighted by atomic mass is 32.2. The van der Waals surface area contributed by atoms with E-state index in [4.69, 9.17) is 10.5 Å². The molecule has 0 aromatic heterocycles. The van der Waals surface area contributed by atoms with Crippen molar-refractivity contribution in [2.24, 2.45) is 5.73 Å². The Hall–Kier alpha value is -3.57. The van der Waals surface area contributed by atoms with Crippen molar-refractivity contribution in [2.75, 3.05) is 19.7 Å². The van der Waals surface area contributed by atoms with Gasteiger partial charge in [-0.05, 0) is 55.5 Å². The minimum Gasteiger partial charge on any atom is -0.374 e. The van der Waals surface area contributed by atoms with Gasteiger partial charge in [0.25, 0.3) is 0 Å². The number of nitrogens with zero attached hydrogens (tertiary/aromatic N) is 1. The summed E-state index contributed by atoms with van der Waals surface area (Å²) in [5, 5.41) is 4.58. The van der Waals surface area contributed by atoms with Crippen molar-refractivity contribution in [3.63, 3.8) is 0 Å². The van der Waals surface area contributed by atoms with E-state index in [1.807, 2.05) is 79.7 Å². The van der Waals surface area contributed by atoms with Gasteiger partial charge in [0.15, 0.2) is 0 Å². The fourth-order valence-corrected chi connectivity index (χ4v) is 8.40. The Balaban J connectivity index is 1.53. The minimum absolute atomic E-state index is 0.0665. The van der Waals surface area contributed by atoms with Crippen LogP contribution in [0.1, 0.15) is 64.0 Å². The Morgan fingerprint density at radius 1 is 1.00 bits per heavy atom. The highest BCUT2D eigenvalue weighted by Gasteiger charge is 2.50. The van der Waals surface area contributed by atoms with Crippen LogP contribution in [0.3, 0.4) is 0 Å². The predicted octanol–water partition coefficient (Wildman–Crippen LogP) is 4.47. The SMILES string of the molecule is CCN(CC1=C(c2cccc3ccccc23)S(=O)(=O)NC12CCCCC2)C(=O)[C@@H](COCc1ccccc1)NC(=O)C(C)(C)N. The molecule has 2 amide bonds. The number of carbonyl (C=O) groups is 2. The molecule has 1 spiro atoms. The molecule has 1 atom stereocenters. The maximum absolute atomic E-state index is 14.3. The van der Waals surface area contributed by atoms with Crippen molar-refractivity contribution in [3.8, 4) is 0 Å². The number of nitrogens with two attached hydrogens (primary N) is 1. The molecular formula is C35H44N4O5S. The number of hydrogen-bond acceptors (Lipinski definition) is 6. The van der Waals surface area contributed by atoms with Crippen LogP contribution in [0.15, 0.2) is 78.4 Å². The summed E-state index contributed by atoms with van der Waals surface area (Å²) in [7, 11) is -3.89. The zero-order valence-corrected chi connectivity index (χ0v) is 27.2. The van der Waals surface area contributed by atoms with Gasteiger partial charge in [0.1, 0.15) is 6.04 Å². The van der Waals surface area contributed by atoms with Gasteiger partial charge in [0.05, 0.1) is 29.2 Å². The van der Waals surface area contributed by atoms with Crippen LogP contribution in [-0.2, 0) is 31.0 Å². The molecule has 3 aromatic rings. The van der Waals surface area contributed by atoms with Crippen molar-refractivity contribution < 1.29 is 22.7 Å². The van der Waals surface area contributed by atoms with Crippen LogP contribution in [0.25, 0.3) is 15.7 Å². The lowest BCUT2D eigenvalue weighted by molar-refractivity contribution is -0.139.